The standard InChI is InChI=1S/C15H13FN2O2S2/c16-11-3-1-2-10-9(7-22-12(10)11)6-18-13(19)15(17-14(18)20)4-5-21-8-15/h1-3,7H,4-6,8H2,(H,17,20)/t15-/m1/s1. The Hall–Kier alpha value is -1.60. The number of hydrogen-bond acceptors (Lipinski definition) is 4. The van der Waals surface area contributed by atoms with Gasteiger partial charge in [-0.15, -0.1) is 11.3 Å². The molecule has 2 aromatic rings. The minimum atomic E-state index is -0.723. The van der Waals surface area contributed by atoms with Crippen molar-refractivity contribution in [3.8, 4) is 0 Å². The van der Waals surface area contributed by atoms with Gasteiger partial charge in [0, 0.05) is 11.1 Å². The number of imide groups is 1. The minimum Gasteiger partial charge on any atom is -0.322 e. The summed E-state index contributed by atoms with van der Waals surface area (Å²) in [6, 6.07) is 4.54. The first kappa shape index (κ1) is 14.0. The van der Waals surface area contributed by atoms with Crippen LogP contribution in [0.4, 0.5) is 9.18 Å². The number of thioether (sulfide) groups is 1. The topological polar surface area (TPSA) is 49.4 Å². The molecule has 2 aliphatic heterocycles. The van der Waals surface area contributed by atoms with E-state index in [-0.39, 0.29) is 24.3 Å². The lowest BCUT2D eigenvalue weighted by atomic mass is 9.99. The summed E-state index contributed by atoms with van der Waals surface area (Å²) >= 11 is 2.98. The molecule has 0 bridgehead atoms. The summed E-state index contributed by atoms with van der Waals surface area (Å²) in [4.78, 5) is 26.1. The van der Waals surface area contributed by atoms with Crippen LogP contribution in [0.15, 0.2) is 23.6 Å². The molecule has 3 heterocycles. The molecule has 7 heteroatoms. The fourth-order valence-electron chi connectivity index (χ4n) is 3.02. The van der Waals surface area contributed by atoms with Gasteiger partial charge in [-0.3, -0.25) is 9.69 Å². The molecule has 0 saturated carbocycles. The van der Waals surface area contributed by atoms with Crippen LogP contribution in [-0.4, -0.2) is 33.9 Å². The Morgan fingerprint density at radius 3 is 3.00 bits per heavy atom. The second kappa shape index (κ2) is 4.96. The number of nitrogens with one attached hydrogen (secondary N) is 1. The van der Waals surface area contributed by atoms with Gasteiger partial charge in [-0.05, 0) is 29.2 Å². The van der Waals surface area contributed by atoms with Crippen LogP contribution >= 0.6 is 23.1 Å². The Morgan fingerprint density at radius 2 is 2.23 bits per heavy atom. The molecule has 1 atom stereocenters. The van der Waals surface area contributed by atoms with E-state index in [2.05, 4.69) is 5.32 Å². The van der Waals surface area contributed by atoms with Crippen LogP contribution < -0.4 is 5.32 Å². The fraction of sp³-hybridized carbons (Fsp3) is 0.333. The van der Waals surface area contributed by atoms with Crippen molar-refractivity contribution in [2.75, 3.05) is 11.5 Å². The average Bonchev–Trinajstić information content (AvgIpc) is 3.17. The van der Waals surface area contributed by atoms with Crippen molar-refractivity contribution in [2.45, 2.75) is 18.5 Å². The van der Waals surface area contributed by atoms with Gasteiger partial charge >= 0.3 is 6.03 Å². The first-order valence-corrected chi connectivity index (χ1v) is 9.01. The minimum absolute atomic E-state index is 0.154. The zero-order valence-corrected chi connectivity index (χ0v) is 13.2. The molecule has 114 valence electrons. The van der Waals surface area contributed by atoms with E-state index in [1.54, 1.807) is 17.8 Å². The lowest BCUT2D eigenvalue weighted by Gasteiger charge is -2.19. The summed E-state index contributed by atoms with van der Waals surface area (Å²) in [5.41, 5.74) is 0.0874. The number of nitrogens with zero attached hydrogens (tertiary/aromatic N) is 1. The molecule has 1 aromatic heterocycles. The van der Waals surface area contributed by atoms with Gasteiger partial charge in [-0.1, -0.05) is 12.1 Å². The summed E-state index contributed by atoms with van der Waals surface area (Å²) in [5.74, 6) is 1.09. The molecular formula is C15H13FN2O2S2. The number of rotatable bonds is 2. The monoisotopic (exact) mass is 336 g/mol. The molecule has 2 fully saturated rings. The smallest absolute Gasteiger partial charge is 0.322 e. The number of urea groups is 1. The van der Waals surface area contributed by atoms with E-state index in [9.17, 15) is 14.0 Å². The van der Waals surface area contributed by atoms with Gasteiger partial charge in [-0.2, -0.15) is 11.8 Å². The normalized spacial score (nSPS) is 24.7. The number of carbonyl (C=O) groups is 2. The summed E-state index contributed by atoms with van der Waals surface area (Å²) in [7, 11) is 0. The van der Waals surface area contributed by atoms with Gasteiger partial charge in [0.15, 0.2) is 0 Å². The molecule has 2 aliphatic rings. The van der Waals surface area contributed by atoms with Crippen LogP contribution in [0.25, 0.3) is 10.1 Å². The number of halogens is 1. The van der Waals surface area contributed by atoms with E-state index in [4.69, 9.17) is 0 Å². The number of fused-ring (bicyclic) bond motifs is 1. The Labute approximate surface area is 134 Å². The number of amides is 3. The third-order valence-electron chi connectivity index (χ3n) is 4.23. The Morgan fingerprint density at radius 1 is 1.36 bits per heavy atom. The van der Waals surface area contributed by atoms with Crippen molar-refractivity contribution in [3.05, 3.63) is 35.0 Å². The molecule has 1 spiro atoms. The van der Waals surface area contributed by atoms with Gasteiger partial charge < -0.3 is 5.32 Å². The van der Waals surface area contributed by atoms with Gasteiger partial charge in [0.1, 0.15) is 11.4 Å². The van der Waals surface area contributed by atoms with E-state index in [0.717, 1.165) is 16.7 Å². The van der Waals surface area contributed by atoms with Crippen LogP contribution in [-0.2, 0) is 11.3 Å². The summed E-state index contributed by atoms with van der Waals surface area (Å²) in [5, 5.41) is 5.44. The van der Waals surface area contributed by atoms with Crippen molar-refractivity contribution >= 4 is 45.1 Å². The van der Waals surface area contributed by atoms with E-state index < -0.39 is 5.54 Å². The number of carbonyl (C=O) groups excluding carboxylic acids is 2. The van der Waals surface area contributed by atoms with Crippen molar-refractivity contribution in [2.24, 2.45) is 0 Å². The van der Waals surface area contributed by atoms with Gasteiger partial charge in [0.2, 0.25) is 0 Å². The molecule has 4 rings (SSSR count). The molecule has 2 saturated heterocycles. The number of benzene rings is 1. The molecule has 0 radical (unpaired) electrons. The van der Waals surface area contributed by atoms with Crippen LogP contribution in [0.5, 0.6) is 0 Å². The summed E-state index contributed by atoms with van der Waals surface area (Å²) < 4.78 is 14.3. The highest BCUT2D eigenvalue weighted by molar-refractivity contribution is 7.99. The van der Waals surface area contributed by atoms with Gasteiger partial charge in [0.05, 0.1) is 11.2 Å². The molecule has 1 N–H and O–H groups in total. The maximum Gasteiger partial charge on any atom is 0.325 e. The zero-order valence-electron chi connectivity index (χ0n) is 11.6. The third kappa shape index (κ3) is 1.95. The van der Waals surface area contributed by atoms with E-state index in [1.165, 1.54) is 22.3 Å². The Kier molecular flexibility index (Phi) is 3.16. The first-order chi connectivity index (χ1) is 10.6. The lowest BCUT2D eigenvalue weighted by molar-refractivity contribution is -0.130. The van der Waals surface area contributed by atoms with Crippen LogP contribution in [0.2, 0.25) is 0 Å². The number of thiophene rings is 1. The van der Waals surface area contributed by atoms with Gasteiger partial charge in [-0.25, -0.2) is 9.18 Å². The second-order valence-corrected chi connectivity index (χ2v) is 7.57. The molecule has 3 amide bonds. The molecule has 0 aliphatic carbocycles. The molecule has 1 aromatic carbocycles. The molecule has 22 heavy (non-hydrogen) atoms. The Bertz CT molecular complexity index is 783. The number of hydrogen-bond donors (Lipinski definition) is 1. The summed E-state index contributed by atoms with van der Waals surface area (Å²) in [6.45, 7) is 0.195. The molecule has 4 nitrogen and oxygen atoms in total. The van der Waals surface area contributed by atoms with Crippen molar-refractivity contribution in [1.29, 1.82) is 0 Å². The maximum atomic E-state index is 13.8. The second-order valence-electron chi connectivity index (χ2n) is 5.58. The average molecular weight is 336 g/mol. The SMILES string of the molecule is O=C1N[C@@]2(CCSC2)C(=O)N1Cc1csc2c(F)cccc12. The van der Waals surface area contributed by atoms with Gasteiger partial charge in [0.25, 0.3) is 5.91 Å². The maximum absolute atomic E-state index is 13.8. The predicted octanol–water partition coefficient (Wildman–Crippen LogP) is 2.97. The highest BCUT2D eigenvalue weighted by Crippen LogP contribution is 2.35. The predicted molar refractivity (Wildman–Crippen MR) is 85.5 cm³/mol. The van der Waals surface area contributed by atoms with Crippen molar-refractivity contribution in [3.63, 3.8) is 0 Å². The largest absolute Gasteiger partial charge is 0.325 e. The highest BCUT2D eigenvalue weighted by Gasteiger charge is 2.52. The van der Waals surface area contributed by atoms with Crippen molar-refractivity contribution < 1.29 is 14.0 Å². The Balaban J connectivity index is 1.66. The van der Waals surface area contributed by atoms with Crippen LogP contribution in [0, 0.1) is 5.82 Å². The summed E-state index contributed by atoms with van der Waals surface area (Å²) in [6.07, 6.45) is 0.678. The van der Waals surface area contributed by atoms with E-state index in [1.807, 2.05) is 11.4 Å². The van der Waals surface area contributed by atoms with Crippen molar-refractivity contribution in [1.82, 2.24) is 10.2 Å². The first-order valence-electron chi connectivity index (χ1n) is 6.97. The van der Waals surface area contributed by atoms with E-state index >= 15 is 0 Å². The zero-order chi connectivity index (χ0) is 15.3. The lowest BCUT2D eigenvalue weighted by Crippen LogP contribution is -2.46. The third-order valence-corrected chi connectivity index (χ3v) is 6.47. The van der Waals surface area contributed by atoms with Crippen LogP contribution in [0.1, 0.15) is 12.0 Å². The highest BCUT2D eigenvalue weighted by atomic mass is 32.2. The van der Waals surface area contributed by atoms with E-state index in [0.29, 0.717) is 16.9 Å². The molecule has 0 unspecified atom stereocenters. The van der Waals surface area contributed by atoms with Crippen LogP contribution in [0.3, 0.4) is 0 Å². The quantitative estimate of drug-likeness (QED) is 0.858. The molecular weight excluding hydrogens is 323 g/mol. The fourth-order valence-corrected chi connectivity index (χ4v) is 5.31.